The second-order valence-corrected chi connectivity index (χ2v) is 4.02. The van der Waals surface area contributed by atoms with Gasteiger partial charge in [0.05, 0.1) is 5.41 Å². The molecule has 0 aromatic rings. The van der Waals surface area contributed by atoms with Crippen LogP contribution in [0.2, 0.25) is 0 Å². The molecule has 3 N–H and O–H groups in total. The van der Waals surface area contributed by atoms with E-state index < -0.39 is 5.41 Å². The molecule has 0 rings (SSSR count). The lowest BCUT2D eigenvalue weighted by molar-refractivity contribution is -0.130. The molecule has 0 heterocycles. The summed E-state index contributed by atoms with van der Waals surface area (Å²) in [6.07, 6.45) is 3.35. The summed E-state index contributed by atoms with van der Waals surface area (Å²) in [5.41, 5.74) is 5.15. The van der Waals surface area contributed by atoms with Gasteiger partial charge >= 0.3 is 0 Å². The molecule has 0 spiro atoms. The zero-order valence-corrected chi connectivity index (χ0v) is 9.47. The van der Waals surface area contributed by atoms with Gasteiger partial charge in [0.2, 0.25) is 5.91 Å². The van der Waals surface area contributed by atoms with Crippen LogP contribution in [0.5, 0.6) is 0 Å². The van der Waals surface area contributed by atoms with Crippen molar-refractivity contribution in [2.24, 2.45) is 11.1 Å². The van der Waals surface area contributed by atoms with Gasteiger partial charge in [0.15, 0.2) is 0 Å². The molecule has 0 saturated heterocycles. The molecule has 0 aromatic heterocycles. The molecule has 0 aliphatic rings. The number of nitrogens with one attached hydrogen (secondary N) is 1. The monoisotopic (exact) mass is 198 g/mol. The Morgan fingerprint density at radius 1 is 1.71 bits per heavy atom. The maximum atomic E-state index is 11.8. The topological polar surface area (TPSA) is 55.1 Å². The van der Waals surface area contributed by atoms with Gasteiger partial charge in [-0.25, -0.2) is 0 Å². The molecule has 0 fully saturated rings. The molecule has 0 saturated carbocycles. The molecule has 0 aliphatic carbocycles. The highest BCUT2D eigenvalue weighted by Gasteiger charge is 2.29. The maximum Gasteiger partial charge on any atom is 0.227 e. The predicted molar refractivity (Wildman–Crippen MR) is 59.9 cm³/mol. The zero-order valence-electron chi connectivity index (χ0n) is 9.47. The van der Waals surface area contributed by atoms with E-state index in [9.17, 15) is 4.79 Å². The summed E-state index contributed by atoms with van der Waals surface area (Å²) in [7, 11) is 0. The normalized spacial score (nSPS) is 16.9. The van der Waals surface area contributed by atoms with E-state index in [0.29, 0.717) is 6.54 Å². The van der Waals surface area contributed by atoms with E-state index >= 15 is 0 Å². The van der Waals surface area contributed by atoms with Crippen LogP contribution in [0.4, 0.5) is 0 Å². The standard InChI is InChI=1S/C11H22N2O/c1-5-7-9(3)13-10(14)11(4,6-2)8-12/h5,9H,1,6-8,12H2,2-4H3,(H,13,14). The molecular formula is C11H22N2O. The quantitative estimate of drug-likeness (QED) is 0.635. The molecule has 14 heavy (non-hydrogen) atoms. The van der Waals surface area contributed by atoms with Crippen LogP contribution in [0.1, 0.15) is 33.6 Å². The lowest BCUT2D eigenvalue weighted by Crippen LogP contribution is -2.46. The van der Waals surface area contributed by atoms with Gasteiger partial charge in [-0.2, -0.15) is 0 Å². The van der Waals surface area contributed by atoms with E-state index in [-0.39, 0.29) is 11.9 Å². The van der Waals surface area contributed by atoms with Crippen molar-refractivity contribution in [3.63, 3.8) is 0 Å². The Morgan fingerprint density at radius 2 is 2.29 bits per heavy atom. The van der Waals surface area contributed by atoms with E-state index in [1.54, 1.807) is 6.08 Å². The van der Waals surface area contributed by atoms with Crippen molar-refractivity contribution in [3.8, 4) is 0 Å². The van der Waals surface area contributed by atoms with Crippen LogP contribution >= 0.6 is 0 Å². The molecule has 0 aliphatic heterocycles. The molecule has 2 unspecified atom stereocenters. The number of hydrogen-bond donors (Lipinski definition) is 2. The third-order valence-corrected chi connectivity index (χ3v) is 2.68. The van der Waals surface area contributed by atoms with Crippen LogP contribution in [-0.2, 0) is 4.79 Å². The molecule has 3 nitrogen and oxygen atoms in total. The molecule has 0 radical (unpaired) electrons. The van der Waals surface area contributed by atoms with Gasteiger partial charge in [-0.1, -0.05) is 13.0 Å². The Morgan fingerprint density at radius 3 is 2.64 bits per heavy atom. The van der Waals surface area contributed by atoms with Crippen molar-refractivity contribution in [1.29, 1.82) is 0 Å². The van der Waals surface area contributed by atoms with Gasteiger partial charge in [0.1, 0.15) is 0 Å². The summed E-state index contributed by atoms with van der Waals surface area (Å²) in [4.78, 5) is 11.8. The lowest BCUT2D eigenvalue weighted by Gasteiger charge is -2.26. The van der Waals surface area contributed by atoms with Crippen LogP contribution in [0.15, 0.2) is 12.7 Å². The van der Waals surface area contributed by atoms with Gasteiger partial charge < -0.3 is 11.1 Å². The second kappa shape index (κ2) is 5.81. The highest BCUT2D eigenvalue weighted by atomic mass is 16.2. The van der Waals surface area contributed by atoms with E-state index in [4.69, 9.17) is 5.73 Å². The van der Waals surface area contributed by atoms with Gasteiger partial charge in [-0.05, 0) is 26.7 Å². The Kier molecular flexibility index (Phi) is 5.46. The van der Waals surface area contributed by atoms with Crippen molar-refractivity contribution >= 4 is 5.91 Å². The first-order chi connectivity index (χ1) is 6.50. The highest BCUT2D eigenvalue weighted by molar-refractivity contribution is 5.82. The largest absolute Gasteiger partial charge is 0.353 e. The molecule has 0 aromatic carbocycles. The Bertz CT molecular complexity index is 197. The third-order valence-electron chi connectivity index (χ3n) is 2.68. The summed E-state index contributed by atoms with van der Waals surface area (Å²) in [5, 5.41) is 2.93. The summed E-state index contributed by atoms with van der Waals surface area (Å²) >= 11 is 0. The Labute approximate surface area is 86.8 Å². The van der Waals surface area contributed by atoms with Gasteiger partial charge in [0.25, 0.3) is 0 Å². The minimum absolute atomic E-state index is 0.0388. The van der Waals surface area contributed by atoms with Crippen molar-refractivity contribution < 1.29 is 4.79 Å². The SMILES string of the molecule is C=CCC(C)NC(=O)C(C)(CC)CN. The Hall–Kier alpha value is -0.830. The first-order valence-corrected chi connectivity index (χ1v) is 5.12. The molecule has 2 atom stereocenters. The number of rotatable bonds is 6. The Balaban J connectivity index is 4.24. The lowest BCUT2D eigenvalue weighted by atomic mass is 9.86. The average Bonchev–Trinajstić information content (AvgIpc) is 2.16. The molecule has 3 heteroatoms. The van der Waals surface area contributed by atoms with Crippen molar-refractivity contribution in [3.05, 3.63) is 12.7 Å². The van der Waals surface area contributed by atoms with Gasteiger partial charge in [-0.15, -0.1) is 6.58 Å². The maximum absolute atomic E-state index is 11.8. The molecule has 1 amide bonds. The predicted octanol–water partition coefficient (Wildman–Crippen LogP) is 1.44. The fourth-order valence-electron chi connectivity index (χ4n) is 1.10. The number of carbonyl (C=O) groups excluding carboxylic acids is 1. The van der Waals surface area contributed by atoms with E-state index in [2.05, 4.69) is 11.9 Å². The second-order valence-electron chi connectivity index (χ2n) is 4.02. The molecule has 0 bridgehead atoms. The first kappa shape index (κ1) is 13.2. The third kappa shape index (κ3) is 3.50. The zero-order chi connectivity index (χ0) is 11.2. The number of hydrogen-bond acceptors (Lipinski definition) is 2. The van der Waals surface area contributed by atoms with Crippen molar-refractivity contribution in [2.45, 2.75) is 39.7 Å². The van der Waals surface area contributed by atoms with Crippen LogP contribution in [0, 0.1) is 5.41 Å². The smallest absolute Gasteiger partial charge is 0.227 e. The molecular weight excluding hydrogens is 176 g/mol. The summed E-state index contributed by atoms with van der Waals surface area (Å²) in [5.74, 6) is 0.0388. The van der Waals surface area contributed by atoms with E-state index in [1.165, 1.54) is 0 Å². The summed E-state index contributed by atoms with van der Waals surface area (Å²) < 4.78 is 0. The first-order valence-electron chi connectivity index (χ1n) is 5.12. The van der Waals surface area contributed by atoms with Crippen LogP contribution in [-0.4, -0.2) is 18.5 Å². The van der Waals surface area contributed by atoms with Crippen LogP contribution in [0.3, 0.4) is 0 Å². The minimum atomic E-state index is -0.435. The van der Waals surface area contributed by atoms with E-state index in [0.717, 1.165) is 12.8 Å². The van der Waals surface area contributed by atoms with Crippen molar-refractivity contribution in [1.82, 2.24) is 5.32 Å². The average molecular weight is 198 g/mol. The van der Waals surface area contributed by atoms with Gasteiger partial charge in [-0.3, -0.25) is 4.79 Å². The van der Waals surface area contributed by atoms with Crippen molar-refractivity contribution in [2.75, 3.05) is 6.54 Å². The minimum Gasteiger partial charge on any atom is -0.353 e. The number of carbonyl (C=O) groups is 1. The van der Waals surface area contributed by atoms with Gasteiger partial charge in [0, 0.05) is 12.6 Å². The fraction of sp³-hybridized carbons (Fsp3) is 0.727. The summed E-state index contributed by atoms with van der Waals surface area (Å²) in [6, 6.07) is 0.137. The highest BCUT2D eigenvalue weighted by Crippen LogP contribution is 2.19. The summed E-state index contributed by atoms with van der Waals surface area (Å²) in [6.45, 7) is 9.85. The fourth-order valence-corrected chi connectivity index (χ4v) is 1.10. The van der Waals surface area contributed by atoms with Crippen LogP contribution in [0.25, 0.3) is 0 Å². The molecule has 82 valence electrons. The number of nitrogens with two attached hydrogens (primary N) is 1. The van der Waals surface area contributed by atoms with Crippen LogP contribution < -0.4 is 11.1 Å². The van der Waals surface area contributed by atoms with E-state index in [1.807, 2.05) is 20.8 Å². The number of amides is 1.